The SMILES string of the molecule is C[Si](C)(C)Oc1ccccc1/N=C/c1cncnc1. The van der Waals surface area contributed by atoms with Gasteiger partial charge >= 0.3 is 0 Å². The number of aliphatic imine (C=N–C) groups is 1. The quantitative estimate of drug-likeness (QED) is 0.632. The summed E-state index contributed by atoms with van der Waals surface area (Å²) in [5, 5.41) is 0. The lowest BCUT2D eigenvalue weighted by Gasteiger charge is -2.20. The third-order valence-electron chi connectivity index (χ3n) is 2.21. The van der Waals surface area contributed by atoms with Crippen LogP contribution >= 0.6 is 0 Å². The van der Waals surface area contributed by atoms with Crippen LogP contribution in [0, 0.1) is 0 Å². The molecule has 0 bridgehead atoms. The lowest BCUT2D eigenvalue weighted by atomic mass is 10.3. The van der Waals surface area contributed by atoms with E-state index in [4.69, 9.17) is 4.43 Å². The van der Waals surface area contributed by atoms with E-state index >= 15 is 0 Å². The van der Waals surface area contributed by atoms with Crippen LogP contribution in [0.4, 0.5) is 5.69 Å². The van der Waals surface area contributed by atoms with Crippen LogP contribution in [0.25, 0.3) is 0 Å². The van der Waals surface area contributed by atoms with Crippen LogP contribution < -0.4 is 4.43 Å². The molecule has 0 unspecified atom stereocenters. The summed E-state index contributed by atoms with van der Waals surface area (Å²) in [6, 6.07) is 7.80. The molecule has 0 amide bonds. The van der Waals surface area contributed by atoms with Crippen LogP contribution in [0.3, 0.4) is 0 Å². The Morgan fingerprint density at radius 2 is 1.79 bits per heavy atom. The topological polar surface area (TPSA) is 47.4 Å². The van der Waals surface area contributed by atoms with Crippen molar-refractivity contribution in [1.82, 2.24) is 9.97 Å². The minimum absolute atomic E-state index is 0.828. The predicted molar refractivity (Wildman–Crippen MR) is 79.7 cm³/mol. The second-order valence-electron chi connectivity index (χ2n) is 5.11. The van der Waals surface area contributed by atoms with Crippen molar-refractivity contribution >= 4 is 20.2 Å². The first-order valence-electron chi connectivity index (χ1n) is 6.12. The van der Waals surface area contributed by atoms with Crippen molar-refractivity contribution in [3.8, 4) is 5.75 Å². The van der Waals surface area contributed by atoms with Crippen molar-refractivity contribution in [1.29, 1.82) is 0 Å². The van der Waals surface area contributed by atoms with E-state index < -0.39 is 8.32 Å². The van der Waals surface area contributed by atoms with E-state index in [2.05, 4.69) is 34.6 Å². The van der Waals surface area contributed by atoms with Crippen molar-refractivity contribution in [2.45, 2.75) is 19.6 Å². The Morgan fingerprint density at radius 3 is 2.47 bits per heavy atom. The van der Waals surface area contributed by atoms with E-state index in [9.17, 15) is 0 Å². The third kappa shape index (κ3) is 4.29. The smallest absolute Gasteiger partial charge is 0.242 e. The summed E-state index contributed by atoms with van der Waals surface area (Å²) in [5.74, 6) is 0.828. The minimum Gasteiger partial charge on any atom is -0.543 e. The molecule has 0 saturated carbocycles. The van der Waals surface area contributed by atoms with E-state index in [1.807, 2.05) is 24.3 Å². The highest BCUT2D eigenvalue weighted by atomic mass is 28.4. The van der Waals surface area contributed by atoms with Gasteiger partial charge in [0.1, 0.15) is 17.8 Å². The van der Waals surface area contributed by atoms with Crippen molar-refractivity contribution < 1.29 is 4.43 Å². The van der Waals surface area contributed by atoms with Crippen LogP contribution in [0.2, 0.25) is 19.6 Å². The maximum Gasteiger partial charge on any atom is 0.242 e. The Bertz CT molecular complexity index is 564. The first kappa shape index (κ1) is 13.4. The molecule has 1 aromatic heterocycles. The van der Waals surface area contributed by atoms with Gasteiger partial charge in [-0.1, -0.05) is 12.1 Å². The maximum absolute atomic E-state index is 6.02. The molecule has 0 saturated heterocycles. The van der Waals surface area contributed by atoms with Gasteiger partial charge in [0.2, 0.25) is 8.32 Å². The second-order valence-corrected chi connectivity index (χ2v) is 9.54. The minimum atomic E-state index is -1.64. The van der Waals surface area contributed by atoms with Gasteiger partial charge in [-0.15, -0.1) is 0 Å². The largest absolute Gasteiger partial charge is 0.543 e. The fraction of sp³-hybridized carbons (Fsp3) is 0.214. The van der Waals surface area contributed by atoms with Gasteiger partial charge in [0.05, 0.1) is 0 Å². The Hall–Kier alpha value is -2.01. The third-order valence-corrected chi connectivity index (χ3v) is 3.05. The first-order chi connectivity index (χ1) is 9.04. The number of nitrogens with zero attached hydrogens (tertiary/aromatic N) is 3. The lowest BCUT2D eigenvalue weighted by Crippen LogP contribution is -2.29. The molecule has 0 aliphatic carbocycles. The monoisotopic (exact) mass is 271 g/mol. The zero-order chi connectivity index (χ0) is 13.7. The summed E-state index contributed by atoms with van der Waals surface area (Å²) in [7, 11) is -1.64. The Morgan fingerprint density at radius 1 is 1.11 bits per heavy atom. The molecule has 2 aromatic rings. The molecular formula is C14H17N3OSi. The van der Waals surface area contributed by atoms with Gasteiger partial charge in [-0.2, -0.15) is 0 Å². The average Bonchev–Trinajstić information content (AvgIpc) is 2.37. The average molecular weight is 271 g/mol. The van der Waals surface area contributed by atoms with E-state index in [-0.39, 0.29) is 0 Å². The Labute approximate surface area is 114 Å². The summed E-state index contributed by atoms with van der Waals surface area (Å²) in [6.07, 6.45) is 6.68. The van der Waals surface area contributed by atoms with Crippen LogP contribution in [0.5, 0.6) is 5.75 Å². The number of hydrogen-bond donors (Lipinski definition) is 0. The number of benzene rings is 1. The van der Waals surface area contributed by atoms with E-state index in [1.54, 1.807) is 18.6 Å². The van der Waals surface area contributed by atoms with Crippen molar-refractivity contribution in [2.75, 3.05) is 0 Å². The van der Waals surface area contributed by atoms with E-state index in [1.165, 1.54) is 6.33 Å². The van der Waals surface area contributed by atoms with Crippen molar-refractivity contribution in [2.24, 2.45) is 4.99 Å². The van der Waals surface area contributed by atoms with E-state index in [0.29, 0.717) is 0 Å². The van der Waals surface area contributed by atoms with Crippen LogP contribution in [0.15, 0.2) is 48.0 Å². The molecule has 1 heterocycles. The van der Waals surface area contributed by atoms with Gasteiger partial charge in [-0.05, 0) is 31.8 Å². The fourth-order valence-corrected chi connectivity index (χ4v) is 2.33. The number of para-hydroxylation sites is 2. The van der Waals surface area contributed by atoms with Gasteiger partial charge in [-0.25, -0.2) is 9.97 Å². The fourth-order valence-electron chi connectivity index (χ4n) is 1.50. The molecule has 0 spiro atoms. The number of rotatable bonds is 4. The molecule has 4 nitrogen and oxygen atoms in total. The molecule has 0 aliphatic heterocycles. The summed E-state index contributed by atoms with van der Waals surface area (Å²) in [5.41, 5.74) is 1.69. The first-order valence-corrected chi connectivity index (χ1v) is 9.52. The molecule has 0 radical (unpaired) electrons. The Kier molecular flexibility index (Phi) is 4.06. The van der Waals surface area contributed by atoms with Crippen LogP contribution in [-0.2, 0) is 0 Å². The molecule has 2 rings (SSSR count). The van der Waals surface area contributed by atoms with Gasteiger partial charge in [0.25, 0.3) is 0 Å². The maximum atomic E-state index is 6.02. The molecule has 5 heteroatoms. The predicted octanol–water partition coefficient (Wildman–Crippen LogP) is 3.44. The van der Waals surface area contributed by atoms with Crippen LogP contribution in [-0.4, -0.2) is 24.5 Å². The molecule has 19 heavy (non-hydrogen) atoms. The van der Waals surface area contributed by atoms with Gasteiger partial charge in [0, 0.05) is 24.2 Å². The highest BCUT2D eigenvalue weighted by Gasteiger charge is 2.17. The summed E-state index contributed by atoms with van der Waals surface area (Å²) in [4.78, 5) is 12.4. The summed E-state index contributed by atoms with van der Waals surface area (Å²) >= 11 is 0. The standard InChI is InChI=1S/C14H17N3OSi/c1-19(2,3)18-14-7-5-4-6-13(14)17-10-12-8-15-11-16-9-12/h4-11H,1-3H3/b17-10+. The molecule has 0 N–H and O–H groups in total. The van der Waals surface area contributed by atoms with E-state index in [0.717, 1.165) is 17.0 Å². The zero-order valence-electron chi connectivity index (χ0n) is 11.4. The lowest BCUT2D eigenvalue weighted by molar-refractivity contribution is 0.559. The molecule has 98 valence electrons. The number of aromatic nitrogens is 2. The molecule has 0 fully saturated rings. The van der Waals surface area contributed by atoms with Crippen molar-refractivity contribution in [3.63, 3.8) is 0 Å². The summed E-state index contributed by atoms with van der Waals surface area (Å²) < 4.78 is 6.02. The number of hydrogen-bond acceptors (Lipinski definition) is 4. The Balaban J connectivity index is 2.23. The van der Waals surface area contributed by atoms with Gasteiger partial charge in [-0.3, -0.25) is 4.99 Å². The summed E-state index contributed by atoms with van der Waals surface area (Å²) in [6.45, 7) is 6.45. The normalized spacial score (nSPS) is 11.7. The van der Waals surface area contributed by atoms with Gasteiger partial charge < -0.3 is 4.43 Å². The molecular weight excluding hydrogens is 254 g/mol. The second kappa shape index (κ2) is 5.75. The highest BCUT2D eigenvalue weighted by Crippen LogP contribution is 2.29. The van der Waals surface area contributed by atoms with Gasteiger partial charge in [0.15, 0.2) is 0 Å². The van der Waals surface area contributed by atoms with Crippen molar-refractivity contribution in [3.05, 3.63) is 48.5 Å². The highest BCUT2D eigenvalue weighted by molar-refractivity contribution is 6.70. The zero-order valence-corrected chi connectivity index (χ0v) is 12.4. The molecule has 1 aromatic carbocycles. The molecule has 0 aliphatic rings. The molecule has 0 atom stereocenters. The van der Waals surface area contributed by atoms with Crippen LogP contribution in [0.1, 0.15) is 5.56 Å².